The Morgan fingerprint density at radius 3 is 2.44 bits per heavy atom. The average Bonchev–Trinajstić information content (AvgIpc) is 3.64. The molecule has 1 fully saturated rings. The summed E-state index contributed by atoms with van der Waals surface area (Å²) in [6.07, 6.45) is 2.00. The third-order valence-corrected chi connectivity index (χ3v) is 5.67. The highest BCUT2D eigenvalue weighted by molar-refractivity contribution is 5.93. The van der Waals surface area contributed by atoms with Crippen LogP contribution in [-0.4, -0.2) is 36.2 Å². The maximum absolute atomic E-state index is 13.3. The van der Waals surface area contributed by atoms with Crippen LogP contribution in [0.1, 0.15) is 24.0 Å². The number of benzene rings is 3. The fourth-order valence-electron chi connectivity index (χ4n) is 3.81. The molecule has 3 aromatic rings. The number of aromatic hydroxyl groups is 1. The summed E-state index contributed by atoms with van der Waals surface area (Å²) in [4.78, 5) is 17.3. The van der Waals surface area contributed by atoms with Crippen molar-refractivity contribution in [1.29, 1.82) is 0 Å². The molecule has 0 unspecified atom stereocenters. The third kappa shape index (κ3) is 5.14. The molecule has 0 aliphatic heterocycles. The normalized spacial score (nSPS) is 12.8. The first-order valence-corrected chi connectivity index (χ1v) is 10.8. The monoisotopic (exact) mass is 431 g/mol. The van der Waals surface area contributed by atoms with E-state index in [2.05, 4.69) is 22.3 Å². The highest BCUT2D eigenvalue weighted by Crippen LogP contribution is 2.33. The van der Waals surface area contributed by atoms with E-state index < -0.39 is 0 Å². The predicted molar refractivity (Wildman–Crippen MR) is 127 cm³/mol. The van der Waals surface area contributed by atoms with Gasteiger partial charge in [0.1, 0.15) is 0 Å². The molecule has 3 aromatic carbocycles. The molecule has 0 aromatic heterocycles. The second kappa shape index (κ2) is 9.64. The predicted octanol–water partition coefficient (Wildman–Crippen LogP) is 5.23. The van der Waals surface area contributed by atoms with Crippen molar-refractivity contribution in [2.45, 2.75) is 32.0 Å². The molecule has 0 heterocycles. The van der Waals surface area contributed by atoms with Gasteiger partial charge in [0, 0.05) is 26.2 Å². The number of rotatable bonds is 8. The van der Waals surface area contributed by atoms with E-state index in [1.54, 1.807) is 12.1 Å². The molecule has 6 heteroatoms. The zero-order valence-corrected chi connectivity index (χ0v) is 18.5. The highest BCUT2D eigenvalue weighted by Gasteiger charge is 2.33. The van der Waals surface area contributed by atoms with Gasteiger partial charge in [0.05, 0.1) is 18.5 Å². The Labute approximate surface area is 189 Å². The molecule has 4 rings (SSSR count). The van der Waals surface area contributed by atoms with Crippen LogP contribution in [0.5, 0.6) is 11.5 Å². The molecule has 0 spiro atoms. The molecule has 2 amide bonds. The molecule has 1 aliphatic carbocycles. The molecule has 0 radical (unpaired) electrons. The van der Waals surface area contributed by atoms with Crippen LogP contribution in [0.3, 0.4) is 0 Å². The van der Waals surface area contributed by atoms with Crippen LogP contribution in [0, 0.1) is 0 Å². The van der Waals surface area contributed by atoms with Crippen LogP contribution in [0.25, 0.3) is 0 Å². The van der Waals surface area contributed by atoms with E-state index in [0.29, 0.717) is 12.3 Å². The first-order chi connectivity index (χ1) is 15.5. The number of nitrogens with one attached hydrogen (secondary N) is 1. The molecule has 0 saturated heterocycles. The Kier molecular flexibility index (Phi) is 6.50. The second-order valence-corrected chi connectivity index (χ2v) is 8.15. The Bertz CT molecular complexity index is 1070. The minimum absolute atomic E-state index is 0.0917. The van der Waals surface area contributed by atoms with E-state index in [1.165, 1.54) is 12.7 Å². The second-order valence-electron chi connectivity index (χ2n) is 8.15. The minimum Gasteiger partial charge on any atom is -0.504 e. The fraction of sp³-hybridized carbons (Fsp3) is 0.269. The van der Waals surface area contributed by atoms with Crippen LogP contribution >= 0.6 is 0 Å². The highest BCUT2D eigenvalue weighted by atomic mass is 16.5. The van der Waals surface area contributed by atoms with Gasteiger partial charge in [-0.05, 0) is 48.2 Å². The molecule has 2 N–H and O–H groups in total. The number of nitrogens with zero attached hydrogens (tertiary/aromatic N) is 2. The number of phenolic OH excluding ortho intramolecular Hbond substituents is 1. The molecular formula is C26H29N3O3. The molecule has 0 atom stereocenters. The fourth-order valence-corrected chi connectivity index (χ4v) is 3.81. The quantitative estimate of drug-likeness (QED) is 0.512. The van der Waals surface area contributed by atoms with Gasteiger partial charge in [-0.15, -0.1) is 0 Å². The number of phenols is 1. The Morgan fingerprint density at radius 2 is 1.72 bits per heavy atom. The lowest BCUT2D eigenvalue weighted by atomic mass is 10.2. The SMILES string of the molecule is COc1cc(CN(C(=O)Nc2ccccc2N(C)Cc2ccccc2)C2CC2)ccc1O. The van der Waals surface area contributed by atoms with Gasteiger partial charge in [-0.2, -0.15) is 0 Å². The Balaban J connectivity index is 1.50. The summed E-state index contributed by atoms with van der Waals surface area (Å²) in [5, 5.41) is 13.0. The van der Waals surface area contributed by atoms with Gasteiger partial charge >= 0.3 is 6.03 Å². The first kappa shape index (κ1) is 21.6. The van der Waals surface area contributed by atoms with Crippen molar-refractivity contribution in [3.8, 4) is 11.5 Å². The minimum atomic E-state index is -0.125. The summed E-state index contributed by atoms with van der Waals surface area (Å²) in [6, 6.07) is 23.4. The Hall–Kier alpha value is -3.67. The lowest BCUT2D eigenvalue weighted by Crippen LogP contribution is -2.36. The van der Waals surface area contributed by atoms with Crippen molar-refractivity contribution in [1.82, 2.24) is 4.90 Å². The van der Waals surface area contributed by atoms with E-state index in [1.807, 2.05) is 60.5 Å². The molecule has 1 aliphatic rings. The summed E-state index contributed by atoms with van der Waals surface area (Å²) in [5.74, 6) is 0.501. The number of ether oxygens (including phenoxy) is 1. The molecule has 1 saturated carbocycles. The van der Waals surface area contributed by atoms with E-state index in [-0.39, 0.29) is 17.8 Å². The van der Waals surface area contributed by atoms with Crippen LogP contribution in [0.15, 0.2) is 72.8 Å². The van der Waals surface area contributed by atoms with Gasteiger partial charge in [-0.1, -0.05) is 48.5 Å². The molecule has 6 nitrogen and oxygen atoms in total. The van der Waals surface area contributed by atoms with E-state index in [0.717, 1.165) is 36.3 Å². The van der Waals surface area contributed by atoms with Crippen LogP contribution in [-0.2, 0) is 13.1 Å². The number of carbonyl (C=O) groups is 1. The largest absolute Gasteiger partial charge is 0.504 e. The van der Waals surface area contributed by atoms with Crippen LogP contribution < -0.4 is 15.0 Å². The number of urea groups is 1. The maximum Gasteiger partial charge on any atom is 0.322 e. The van der Waals surface area contributed by atoms with Crippen molar-refractivity contribution in [2.24, 2.45) is 0 Å². The van der Waals surface area contributed by atoms with Crippen molar-refractivity contribution in [2.75, 3.05) is 24.4 Å². The molecule has 0 bridgehead atoms. The van der Waals surface area contributed by atoms with Crippen molar-refractivity contribution in [3.05, 3.63) is 83.9 Å². The first-order valence-electron chi connectivity index (χ1n) is 10.8. The van der Waals surface area contributed by atoms with Gasteiger partial charge in [0.2, 0.25) is 0 Å². The molecule has 166 valence electrons. The van der Waals surface area contributed by atoms with Gasteiger partial charge in [-0.3, -0.25) is 0 Å². The number of hydrogen-bond acceptors (Lipinski definition) is 4. The zero-order chi connectivity index (χ0) is 22.5. The number of hydrogen-bond donors (Lipinski definition) is 2. The van der Waals surface area contributed by atoms with Crippen LogP contribution in [0.4, 0.5) is 16.2 Å². The number of amides is 2. The van der Waals surface area contributed by atoms with Crippen molar-refractivity contribution in [3.63, 3.8) is 0 Å². The summed E-state index contributed by atoms with van der Waals surface area (Å²) < 4.78 is 5.22. The number of methoxy groups -OCH3 is 1. The average molecular weight is 432 g/mol. The molecular weight excluding hydrogens is 402 g/mol. The van der Waals surface area contributed by atoms with E-state index in [4.69, 9.17) is 4.74 Å². The van der Waals surface area contributed by atoms with E-state index in [9.17, 15) is 9.90 Å². The topological polar surface area (TPSA) is 65.0 Å². The lowest BCUT2D eigenvalue weighted by molar-refractivity contribution is 0.206. The number of para-hydroxylation sites is 2. The van der Waals surface area contributed by atoms with Crippen molar-refractivity contribution < 1.29 is 14.6 Å². The summed E-state index contributed by atoms with van der Waals surface area (Å²) >= 11 is 0. The third-order valence-electron chi connectivity index (χ3n) is 5.67. The summed E-state index contributed by atoms with van der Waals surface area (Å²) in [5.41, 5.74) is 3.87. The van der Waals surface area contributed by atoms with Gasteiger partial charge < -0.3 is 25.0 Å². The van der Waals surface area contributed by atoms with Crippen molar-refractivity contribution >= 4 is 17.4 Å². The van der Waals surface area contributed by atoms with Gasteiger partial charge in [-0.25, -0.2) is 4.79 Å². The molecule has 32 heavy (non-hydrogen) atoms. The summed E-state index contributed by atoms with van der Waals surface area (Å²) in [7, 11) is 3.55. The lowest BCUT2D eigenvalue weighted by Gasteiger charge is -2.26. The number of anilines is 2. The van der Waals surface area contributed by atoms with E-state index >= 15 is 0 Å². The number of carbonyl (C=O) groups excluding carboxylic acids is 1. The summed E-state index contributed by atoms with van der Waals surface area (Å²) in [6.45, 7) is 1.20. The van der Waals surface area contributed by atoms with Gasteiger partial charge in [0.15, 0.2) is 11.5 Å². The standard InChI is InChI=1S/C26H29N3O3/c1-28(17-19-8-4-3-5-9-19)23-11-7-6-10-22(23)27-26(31)29(21-13-14-21)18-20-12-15-24(30)25(16-20)32-2/h3-12,15-16,21,30H,13-14,17-18H2,1-2H3,(H,27,31). The smallest absolute Gasteiger partial charge is 0.322 e. The van der Waals surface area contributed by atoms with Gasteiger partial charge in [0.25, 0.3) is 0 Å². The Morgan fingerprint density at radius 1 is 1.00 bits per heavy atom. The van der Waals surface area contributed by atoms with Crippen LogP contribution in [0.2, 0.25) is 0 Å². The zero-order valence-electron chi connectivity index (χ0n) is 18.5. The maximum atomic E-state index is 13.3.